The van der Waals surface area contributed by atoms with Gasteiger partial charge in [-0.25, -0.2) is 0 Å². The van der Waals surface area contributed by atoms with Crippen LogP contribution in [0.3, 0.4) is 0 Å². The summed E-state index contributed by atoms with van der Waals surface area (Å²) in [4.78, 5) is 12.4. The molecule has 0 radical (unpaired) electrons. The molecule has 1 amide bonds. The molecular weight excluding hydrogens is 310 g/mol. The van der Waals surface area contributed by atoms with E-state index in [-0.39, 0.29) is 12.5 Å². The van der Waals surface area contributed by atoms with Gasteiger partial charge in [0.2, 0.25) is 0 Å². The van der Waals surface area contributed by atoms with E-state index >= 15 is 0 Å². The lowest BCUT2D eigenvalue weighted by molar-refractivity contribution is -0.118. The van der Waals surface area contributed by atoms with E-state index in [1.54, 1.807) is 0 Å². The fraction of sp³-hybridized carbons (Fsp3) is 0.409. The molecule has 25 heavy (non-hydrogen) atoms. The Morgan fingerprint density at radius 2 is 1.72 bits per heavy atom. The van der Waals surface area contributed by atoms with Crippen LogP contribution in [0.25, 0.3) is 0 Å². The first-order valence-electron chi connectivity index (χ1n) is 9.05. The number of hydrogen-bond donors (Lipinski definition) is 1. The highest BCUT2D eigenvalue weighted by Crippen LogP contribution is 2.29. The summed E-state index contributed by atoms with van der Waals surface area (Å²) in [5.41, 5.74) is 4.27. The molecule has 0 aliphatic rings. The second-order valence-corrected chi connectivity index (χ2v) is 6.88. The molecule has 1 atom stereocenters. The normalized spacial score (nSPS) is 12.1. The van der Waals surface area contributed by atoms with Gasteiger partial charge in [0.1, 0.15) is 5.75 Å². The van der Waals surface area contributed by atoms with Gasteiger partial charge in [0.15, 0.2) is 6.61 Å². The number of carbonyl (C=O) groups is 1. The Morgan fingerprint density at radius 3 is 2.40 bits per heavy atom. The maximum absolute atomic E-state index is 12.4. The highest BCUT2D eigenvalue weighted by molar-refractivity contribution is 5.93. The van der Waals surface area contributed by atoms with Crippen molar-refractivity contribution < 1.29 is 9.53 Å². The minimum atomic E-state index is -0.129. The summed E-state index contributed by atoms with van der Waals surface area (Å²) < 4.78 is 5.82. The molecule has 0 aliphatic carbocycles. The molecule has 0 saturated carbocycles. The first-order valence-corrected chi connectivity index (χ1v) is 9.05. The van der Waals surface area contributed by atoms with Crippen molar-refractivity contribution in [1.29, 1.82) is 0 Å². The third-order valence-corrected chi connectivity index (χ3v) is 4.61. The summed E-state index contributed by atoms with van der Waals surface area (Å²) in [6.07, 6.45) is 1.04. The van der Waals surface area contributed by atoms with Crippen LogP contribution in [0.15, 0.2) is 42.5 Å². The number of para-hydroxylation sites is 2. The van der Waals surface area contributed by atoms with E-state index < -0.39 is 0 Å². The summed E-state index contributed by atoms with van der Waals surface area (Å²) in [6.45, 7) is 10.6. The van der Waals surface area contributed by atoms with Gasteiger partial charge in [-0.1, -0.05) is 64.1 Å². The highest BCUT2D eigenvalue weighted by Gasteiger charge is 2.14. The predicted molar refractivity (Wildman–Crippen MR) is 105 cm³/mol. The number of ether oxygens (including phenoxy) is 1. The summed E-state index contributed by atoms with van der Waals surface area (Å²) in [7, 11) is 0. The molecular formula is C22H29NO2. The first-order chi connectivity index (χ1) is 11.9. The number of amides is 1. The number of anilines is 1. The maximum atomic E-state index is 12.4. The van der Waals surface area contributed by atoms with Crippen LogP contribution < -0.4 is 10.1 Å². The van der Waals surface area contributed by atoms with Crippen molar-refractivity contribution >= 4 is 11.6 Å². The van der Waals surface area contributed by atoms with E-state index in [2.05, 4.69) is 45.1 Å². The maximum Gasteiger partial charge on any atom is 0.262 e. The molecule has 2 aromatic carbocycles. The van der Waals surface area contributed by atoms with Gasteiger partial charge in [-0.15, -0.1) is 0 Å². The Kier molecular flexibility index (Phi) is 6.63. The quantitative estimate of drug-likeness (QED) is 0.708. The van der Waals surface area contributed by atoms with Crippen LogP contribution in [-0.4, -0.2) is 12.5 Å². The molecule has 0 bridgehead atoms. The molecule has 3 nitrogen and oxygen atoms in total. The molecule has 1 unspecified atom stereocenters. The average Bonchev–Trinajstić information content (AvgIpc) is 2.61. The van der Waals surface area contributed by atoms with Crippen molar-refractivity contribution in [3.63, 3.8) is 0 Å². The summed E-state index contributed by atoms with van der Waals surface area (Å²) in [5, 5.41) is 3.03. The minimum Gasteiger partial charge on any atom is -0.483 e. The third kappa shape index (κ3) is 4.85. The molecule has 2 rings (SSSR count). The lowest BCUT2D eigenvalue weighted by Crippen LogP contribution is -2.22. The molecule has 0 spiro atoms. The second kappa shape index (κ2) is 8.70. The molecule has 0 aromatic heterocycles. The summed E-state index contributed by atoms with van der Waals surface area (Å²) >= 11 is 0. The van der Waals surface area contributed by atoms with Gasteiger partial charge in [-0.2, -0.15) is 0 Å². The van der Waals surface area contributed by atoms with Crippen LogP contribution in [0.1, 0.15) is 62.6 Å². The molecule has 0 saturated heterocycles. The topological polar surface area (TPSA) is 38.3 Å². The standard InChI is InChI=1S/C22H29NO2/c1-6-16(4)19-11-7-8-13-20(19)25-14-21(24)23-22-17(5)10-9-12-18(22)15(2)3/h7-13,15-16H,6,14H2,1-5H3,(H,23,24). The number of nitrogens with one attached hydrogen (secondary N) is 1. The van der Waals surface area contributed by atoms with Gasteiger partial charge in [0.25, 0.3) is 5.91 Å². The summed E-state index contributed by atoms with van der Waals surface area (Å²) in [6, 6.07) is 14.1. The van der Waals surface area contributed by atoms with E-state index in [0.717, 1.165) is 34.5 Å². The first kappa shape index (κ1) is 19.0. The number of hydrogen-bond acceptors (Lipinski definition) is 2. The van der Waals surface area contributed by atoms with Crippen LogP contribution in [0, 0.1) is 6.92 Å². The largest absolute Gasteiger partial charge is 0.483 e. The zero-order chi connectivity index (χ0) is 18.4. The van der Waals surface area contributed by atoms with Crippen molar-refractivity contribution in [2.75, 3.05) is 11.9 Å². The van der Waals surface area contributed by atoms with Gasteiger partial charge in [0.05, 0.1) is 0 Å². The van der Waals surface area contributed by atoms with E-state index in [1.807, 2.05) is 37.3 Å². The lowest BCUT2D eigenvalue weighted by atomic mass is 9.98. The van der Waals surface area contributed by atoms with Crippen LogP contribution in [0.4, 0.5) is 5.69 Å². The number of carbonyl (C=O) groups excluding carboxylic acids is 1. The van der Waals surface area contributed by atoms with Gasteiger partial charge in [-0.05, 0) is 47.9 Å². The molecule has 0 fully saturated rings. The molecule has 0 aliphatic heterocycles. The average molecular weight is 339 g/mol. The van der Waals surface area contributed by atoms with Crippen molar-refractivity contribution in [2.24, 2.45) is 0 Å². The monoisotopic (exact) mass is 339 g/mol. The van der Waals surface area contributed by atoms with Crippen LogP contribution in [0.5, 0.6) is 5.75 Å². The third-order valence-electron chi connectivity index (χ3n) is 4.61. The highest BCUT2D eigenvalue weighted by atomic mass is 16.5. The Labute approximate surface area is 151 Å². The Balaban J connectivity index is 2.08. The van der Waals surface area contributed by atoms with Crippen LogP contribution in [0.2, 0.25) is 0 Å². The summed E-state index contributed by atoms with van der Waals surface area (Å²) in [5.74, 6) is 1.42. The van der Waals surface area contributed by atoms with Crippen molar-refractivity contribution in [1.82, 2.24) is 0 Å². The molecule has 134 valence electrons. The molecule has 2 aromatic rings. The lowest BCUT2D eigenvalue weighted by Gasteiger charge is -2.18. The predicted octanol–water partition coefficient (Wildman–Crippen LogP) is 5.65. The van der Waals surface area contributed by atoms with Gasteiger partial charge in [-0.3, -0.25) is 4.79 Å². The minimum absolute atomic E-state index is 0.0132. The molecule has 3 heteroatoms. The zero-order valence-electron chi connectivity index (χ0n) is 15.9. The van der Waals surface area contributed by atoms with Gasteiger partial charge < -0.3 is 10.1 Å². The Morgan fingerprint density at radius 1 is 1.04 bits per heavy atom. The fourth-order valence-electron chi connectivity index (χ4n) is 2.90. The van der Waals surface area contributed by atoms with E-state index in [9.17, 15) is 4.79 Å². The smallest absolute Gasteiger partial charge is 0.262 e. The molecule has 1 N–H and O–H groups in total. The zero-order valence-corrected chi connectivity index (χ0v) is 15.9. The van der Waals surface area contributed by atoms with Gasteiger partial charge >= 0.3 is 0 Å². The van der Waals surface area contributed by atoms with Gasteiger partial charge in [0, 0.05) is 5.69 Å². The Bertz CT molecular complexity index is 722. The fourth-order valence-corrected chi connectivity index (χ4v) is 2.90. The van der Waals surface area contributed by atoms with Crippen molar-refractivity contribution in [3.8, 4) is 5.75 Å². The van der Waals surface area contributed by atoms with Crippen molar-refractivity contribution in [3.05, 3.63) is 59.2 Å². The van der Waals surface area contributed by atoms with Crippen LogP contribution in [-0.2, 0) is 4.79 Å². The van der Waals surface area contributed by atoms with Crippen molar-refractivity contribution in [2.45, 2.75) is 52.9 Å². The number of rotatable bonds is 7. The number of benzene rings is 2. The molecule has 0 heterocycles. The van der Waals surface area contributed by atoms with Crippen LogP contribution >= 0.6 is 0 Å². The van der Waals surface area contributed by atoms with E-state index in [1.165, 1.54) is 0 Å². The Hall–Kier alpha value is -2.29. The van der Waals surface area contributed by atoms with E-state index in [0.29, 0.717) is 11.8 Å². The second-order valence-electron chi connectivity index (χ2n) is 6.88. The number of aryl methyl sites for hydroxylation is 1. The SMILES string of the molecule is CCC(C)c1ccccc1OCC(=O)Nc1c(C)cccc1C(C)C. The van der Waals surface area contributed by atoms with E-state index in [4.69, 9.17) is 4.74 Å².